The molecule has 0 radical (unpaired) electrons. The van der Waals surface area contributed by atoms with Crippen LogP contribution in [0.4, 0.5) is 0 Å². The SMILES string of the molecule is CCCNCCCc1nnc(-c2occc2C)s1. The van der Waals surface area contributed by atoms with Gasteiger partial charge in [-0.05, 0) is 44.5 Å². The van der Waals surface area contributed by atoms with E-state index in [-0.39, 0.29) is 0 Å². The molecule has 0 aromatic carbocycles. The second-order valence-corrected chi connectivity index (χ2v) is 5.35. The maximum atomic E-state index is 5.42. The molecule has 1 N–H and O–H groups in total. The summed E-state index contributed by atoms with van der Waals surface area (Å²) in [4.78, 5) is 0. The van der Waals surface area contributed by atoms with E-state index in [1.54, 1.807) is 17.6 Å². The van der Waals surface area contributed by atoms with E-state index in [1.807, 2.05) is 13.0 Å². The van der Waals surface area contributed by atoms with Crippen molar-refractivity contribution >= 4 is 11.3 Å². The molecule has 5 heteroatoms. The first-order chi connectivity index (χ1) is 8.81. The van der Waals surface area contributed by atoms with Crippen LogP contribution in [0.5, 0.6) is 0 Å². The van der Waals surface area contributed by atoms with Crippen LogP contribution in [0.15, 0.2) is 16.7 Å². The van der Waals surface area contributed by atoms with E-state index in [0.717, 1.165) is 47.3 Å². The Morgan fingerprint density at radius 1 is 1.33 bits per heavy atom. The van der Waals surface area contributed by atoms with Gasteiger partial charge < -0.3 is 9.73 Å². The van der Waals surface area contributed by atoms with Gasteiger partial charge in [0.1, 0.15) is 5.01 Å². The number of hydrogen-bond acceptors (Lipinski definition) is 5. The molecule has 2 aromatic rings. The summed E-state index contributed by atoms with van der Waals surface area (Å²) in [5, 5.41) is 13.8. The van der Waals surface area contributed by atoms with Gasteiger partial charge in [-0.2, -0.15) is 0 Å². The first kappa shape index (κ1) is 13.2. The third kappa shape index (κ3) is 3.40. The van der Waals surface area contributed by atoms with Crippen LogP contribution in [0.3, 0.4) is 0 Å². The van der Waals surface area contributed by atoms with E-state index in [0.29, 0.717) is 0 Å². The molecule has 0 saturated heterocycles. The lowest BCUT2D eigenvalue weighted by Gasteiger charge is -1.99. The molecule has 98 valence electrons. The second-order valence-electron chi connectivity index (χ2n) is 4.29. The van der Waals surface area contributed by atoms with E-state index in [4.69, 9.17) is 4.42 Å². The van der Waals surface area contributed by atoms with Crippen molar-refractivity contribution in [2.24, 2.45) is 0 Å². The fourth-order valence-corrected chi connectivity index (χ4v) is 2.64. The number of aryl methyl sites for hydroxylation is 2. The highest BCUT2D eigenvalue weighted by Gasteiger charge is 2.11. The molecule has 0 atom stereocenters. The normalized spacial score (nSPS) is 11.0. The van der Waals surface area contributed by atoms with Gasteiger partial charge in [-0.1, -0.05) is 18.3 Å². The van der Waals surface area contributed by atoms with Gasteiger partial charge in [-0.3, -0.25) is 0 Å². The summed E-state index contributed by atoms with van der Waals surface area (Å²) < 4.78 is 5.42. The van der Waals surface area contributed by atoms with Crippen molar-refractivity contribution < 1.29 is 4.42 Å². The molecule has 0 aliphatic carbocycles. The monoisotopic (exact) mass is 265 g/mol. The Hall–Kier alpha value is -1.20. The summed E-state index contributed by atoms with van der Waals surface area (Å²) in [6, 6.07) is 1.95. The molecule has 0 spiro atoms. The minimum atomic E-state index is 0.850. The van der Waals surface area contributed by atoms with E-state index >= 15 is 0 Å². The lowest BCUT2D eigenvalue weighted by molar-refractivity contribution is 0.579. The maximum Gasteiger partial charge on any atom is 0.183 e. The van der Waals surface area contributed by atoms with Crippen LogP contribution in [-0.4, -0.2) is 23.3 Å². The van der Waals surface area contributed by atoms with Crippen molar-refractivity contribution in [3.8, 4) is 10.8 Å². The number of furan rings is 1. The van der Waals surface area contributed by atoms with Crippen LogP contribution >= 0.6 is 11.3 Å². The summed E-state index contributed by atoms with van der Waals surface area (Å²) in [7, 11) is 0. The highest BCUT2D eigenvalue weighted by Crippen LogP contribution is 2.27. The fourth-order valence-electron chi connectivity index (χ4n) is 1.70. The third-order valence-electron chi connectivity index (χ3n) is 2.69. The van der Waals surface area contributed by atoms with Crippen LogP contribution in [-0.2, 0) is 6.42 Å². The molecule has 0 bridgehead atoms. The first-order valence-electron chi connectivity index (χ1n) is 6.39. The van der Waals surface area contributed by atoms with Crippen LogP contribution in [0.25, 0.3) is 10.8 Å². The summed E-state index contributed by atoms with van der Waals surface area (Å²) in [5.74, 6) is 0.850. The Morgan fingerprint density at radius 2 is 2.22 bits per heavy atom. The van der Waals surface area contributed by atoms with E-state index in [9.17, 15) is 0 Å². The number of aromatic nitrogens is 2. The molecule has 0 saturated carbocycles. The van der Waals surface area contributed by atoms with Crippen molar-refractivity contribution in [3.63, 3.8) is 0 Å². The molecule has 18 heavy (non-hydrogen) atoms. The molecule has 0 aliphatic rings. The van der Waals surface area contributed by atoms with Crippen molar-refractivity contribution in [2.45, 2.75) is 33.1 Å². The molecule has 0 unspecified atom stereocenters. The van der Waals surface area contributed by atoms with E-state index in [2.05, 4.69) is 22.4 Å². The van der Waals surface area contributed by atoms with Gasteiger partial charge in [-0.25, -0.2) is 0 Å². The Morgan fingerprint density at radius 3 is 2.94 bits per heavy atom. The predicted molar refractivity (Wildman–Crippen MR) is 73.8 cm³/mol. The minimum absolute atomic E-state index is 0.850. The quantitative estimate of drug-likeness (QED) is 0.782. The number of rotatable bonds is 7. The molecule has 4 nitrogen and oxygen atoms in total. The first-order valence-corrected chi connectivity index (χ1v) is 7.20. The van der Waals surface area contributed by atoms with Gasteiger partial charge in [-0.15, -0.1) is 10.2 Å². The summed E-state index contributed by atoms with van der Waals surface area (Å²) in [6.45, 7) is 6.33. The van der Waals surface area contributed by atoms with Gasteiger partial charge in [0.25, 0.3) is 0 Å². The van der Waals surface area contributed by atoms with E-state index < -0.39 is 0 Å². The predicted octanol–water partition coefficient (Wildman–Crippen LogP) is 3.04. The standard InChI is InChI=1S/C13H19N3OS/c1-3-7-14-8-4-5-11-15-16-13(18-11)12-10(2)6-9-17-12/h6,9,14H,3-5,7-8H2,1-2H3. The Bertz CT molecular complexity index is 478. The molecule has 0 amide bonds. The fraction of sp³-hybridized carbons (Fsp3) is 0.538. The molecule has 2 heterocycles. The summed E-state index contributed by atoms with van der Waals surface area (Å²) in [5.41, 5.74) is 1.11. The third-order valence-corrected chi connectivity index (χ3v) is 3.68. The average molecular weight is 265 g/mol. The van der Waals surface area contributed by atoms with Crippen LogP contribution in [0, 0.1) is 6.92 Å². The average Bonchev–Trinajstić information content (AvgIpc) is 2.97. The van der Waals surface area contributed by atoms with Gasteiger partial charge in [0, 0.05) is 6.42 Å². The second kappa shape index (κ2) is 6.66. The smallest absolute Gasteiger partial charge is 0.183 e. The number of hydrogen-bond donors (Lipinski definition) is 1. The topological polar surface area (TPSA) is 51.0 Å². The molecule has 0 aliphatic heterocycles. The highest BCUT2D eigenvalue weighted by atomic mass is 32.1. The zero-order valence-corrected chi connectivity index (χ0v) is 11.7. The van der Waals surface area contributed by atoms with E-state index in [1.165, 1.54) is 6.42 Å². The maximum absolute atomic E-state index is 5.42. The Kier molecular flexibility index (Phi) is 4.90. The largest absolute Gasteiger partial charge is 0.461 e. The van der Waals surface area contributed by atoms with Crippen molar-refractivity contribution in [1.82, 2.24) is 15.5 Å². The summed E-state index contributed by atoms with van der Waals surface area (Å²) in [6.07, 6.45) is 4.96. The lowest BCUT2D eigenvalue weighted by atomic mass is 10.3. The molecular weight excluding hydrogens is 246 g/mol. The van der Waals surface area contributed by atoms with Crippen LogP contribution in [0.2, 0.25) is 0 Å². The van der Waals surface area contributed by atoms with Gasteiger partial charge in [0.2, 0.25) is 0 Å². The summed E-state index contributed by atoms with van der Waals surface area (Å²) >= 11 is 1.62. The molecular formula is C13H19N3OS. The van der Waals surface area contributed by atoms with Crippen molar-refractivity contribution in [2.75, 3.05) is 13.1 Å². The zero-order valence-electron chi connectivity index (χ0n) is 10.9. The lowest BCUT2D eigenvalue weighted by Crippen LogP contribution is -2.16. The van der Waals surface area contributed by atoms with Crippen molar-refractivity contribution in [1.29, 1.82) is 0 Å². The van der Waals surface area contributed by atoms with Crippen LogP contribution < -0.4 is 5.32 Å². The number of nitrogens with zero attached hydrogens (tertiary/aromatic N) is 2. The Balaban J connectivity index is 1.85. The van der Waals surface area contributed by atoms with Crippen LogP contribution in [0.1, 0.15) is 30.3 Å². The van der Waals surface area contributed by atoms with Crippen molar-refractivity contribution in [3.05, 3.63) is 22.9 Å². The number of nitrogens with one attached hydrogen (secondary N) is 1. The molecule has 2 aromatic heterocycles. The molecule has 2 rings (SSSR count). The minimum Gasteiger partial charge on any atom is -0.461 e. The Labute approximate surface area is 111 Å². The molecule has 0 fully saturated rings. The zero-order chi connectivity index (χ0) is 12.8. The highest BCUT2D eigenvalue weighted by molar-refractivity contribution is 7.14. The van der Waals surface area contributed by atoms with Gasteiger partial charge in [0.15, 0.2) is 10.8 Å². The van der Waals surface area contributed by atoms with Gasteiger partial charge >= 0.3 is 0 Å². The van der Waals surface area contributed by atoms with Gasteiger partial charge in [0.05, 0.1) is 6.26 Å².